The van der Waals surface area contributed by atoms with Gasteiger partial charge in [-0.2, -0.15) is 0 Å². The van der Waals surface area contributed by atoms with E-state index in [0.29, 0.717) is 5.69 Å². The Kier molecular flexibility index (Phi) is 12.7. The summed E-state index contributed by atoms with van der Waals surface area (Å²) < 4.78 is 0. The summed E-state index contributed by atoms with van der Waals surface area (Å²) in [6.07, 6.45) is 0. The third-order valence-electron chi connectivity index (χ3n) is 4.74. The molecule has 0 atom stereocenters. The number of amides is 1. The van der Waals surface area contributed by atoms with Crippen LogP contribution in [0.1, 0.15) is 5.56 Å². The number of nitrogens with zero attached hydrogens (tertiary/aromatic N) is 3. The molecule has 0 heterocycles. The highest BCUT2D eigenvalue weighted by Crippen LogP contribution is 2.05. The molecule has 1 rings (SSSR count). The van der Waals surface area contributed by atoms with Crippen LogP contribution in [-0.4, -0.2) is 124 Å². The van der Waals surface area contributed by atoms with Crippen molar-refractivity contribution in [3.63, 3.8) is 0 Å². The largest absolute Gasteiger partial charge is 0.480 e. The van der Waals surface area contributed by atoms with Gasteiger partial charge in [0.1, 0.15) is 0 Å². The van der Waals surface area contributed by atoms with Gasteiger partial charge in [0.05, 0.1) is 32.7 Å². The molecule has 0 unspecified atom stereocenters. The number of nitrogens with one attached hydrogen (secondary N) is 1. The van der Waals surface area contributed by atoms with Crippen LogP contribution in [0.5, 0.6) is 0 Å². The van der Waals surface area contributed by atoms with Crippen molar-refractivity contribution in [2.24, 2.45) is 0 Å². The minimum absolute atomic E-state index is 0.00169. The molecule has 7 N–H and O–H groups in total. The van der Waals surface area contributed by atoms with Gasteiger partial charge in [-0.3, -0.25) is 38.7 Å². The number of anilines is 1. The molecule has 0 radical (unpaired) electrons. The van der Waals surface area contributed by atoms with E-state index in [4.69, 9.17) is 26.2 Å². The number of carbonyl (C=O) groups excluding carboxylic acids is 1. The molecule has 0 saturated heterocycles. The van der Waals surface area contributed by atoms with E-state index in [2.05, 4.69) is 5.32 Å². The average Bonchev–Trinajstić information content (AvgIpc) is 2.73. The van der Waals surface area contributed by atoms with Crippen LogP contribution < -0.4 is 11.1 Å². The lowest BCUT2D eigenvalue weighted by Gasteiger charge is -2.28. The summed E-state index contributed by atoms with van der Waals surface area (Å²) in [7, 11) is 0. The van der Waals surface area contributed by atoms with E-state index in [0.717, 1.165) is 5.56 Å². The van der Waals surface area contributed by atoms with Gasteiger partial charge in [-0.25, -0.2) is 0 Å². The summed E-state index contributed by atoms with van der Waals surface area (Å²) in [6, 6.07) is 6.87. The van der Waals surface area contributed by atoms with E-state index in [1.165, 1.54) is 9.80 Å². The summed E-state index contributed by atoms with van der Waals surface area (Å²) in [5.41, 5.74) is 7.02. The maximum atomic E-state index is 12.5. The summed E-state index contributed by atoms with van der Waals surface area (Å²) in [6.45, 7) is -1.84. The number of benzene rings is 1. The highest BCUT2D eigenvalue weighted by molar-refractivity contribution is 5.78. The van der Waals surface area contributed by atoms with E-state index in [1.807, 2.05) is 0 Å². The molecule has 0 aliphatic heterocycles. The summed E-state index contributed by atoms with van der Waals surface area (Å²) >= 11 is 0. The van der Waals surface area contributed by atoms with Crippen LogP contribution in [0.15, 0.2) is 24.3 Å². The van der Waals surface area contributed by atoms with Gasteiger partial charge in [0.15, 0.2) is 0 Å². The van der Waals surface area contributed by atoms with E-state index in [9.17, 15) is 24.0 Å². The lowest BCUT2D eigenvalue weighted by atomic mass is 10.2. The summed E-state index contributed by atoms with van der Waals surface area (Å²) in [4.78, 5) is 60.6. The molecule has 0 aliphatic rings. The number of nitrogens with two attached hydrogens (primary N) is 1. The van der Waals surface area contributed by atoms with Gasteiger partial charge in [0.25, 0.3) is 0 Å². The van der Waals surface area contributed by atoms with Crippen LogP contribution in [0.4, 0.5) is 5.69 Å². The third kappa shape index (κ3) is 14.2. The van der Waals surface area contributed by atoms with Crippen LogP contribution in [0.25, 0.3) is 0 Å². The number of carbonyl (C=O) groups is 5. The van der Waals surface area contributed by atoms with Gasteiger partial charge in [0.2, 0.25) is 5.91 Å². The molecule has 194 valence electrons. The molecule has 14 heteroatoms. The smallest absolute Gasteiger partial charge is 0.317 e. The van der Waals surface area contributed by atoms with Crippen molar-refractivity contribution in [1.82, 2.24) is 20.0 Å². The van der Waals surface area contributed by atoms with Crippen LogP contribution >= 0.6 is 0 Å². The molecule has 0 spiro atoms. The van der Waals surface area contributed by atoms with Crippen molar-refractivity contribution in [2.45, 2.75) is 6.54 Å². The molecule has 14 nitrogen and oxygen atoms in total. The van der Waals surface area contributed by atoms with Crippen LogP contribution in [0.2, 0.25) is 0 Å². The predicted molar refractivity (Wildman–Crippen MR) is 123 cm³/mol. The Morgan fingerprint density at radius 2 is 1.00 bits per heavy atom. The summed E-state index contributed by atoms with van der Waals surface area (Å²) in [5, 5.41) is 38.8. The molecule has 1 aromatic rings. The number of carboxylic acid groups (broad SMARTS) is 4. The van der Waals surface area contributed by atoms with Gasteiger partial charge in [0, 0.05) is 38.4 Å². The highest BCUT2D eigenvalue weighted by atomic mass is 16.4. The molecular formula is C21H31N5O9. The fourth-order valence-electron chi connectivity index (χ4n) is 3.12. The number of rotatable bonds is 18. The SMILES string of the molecule is Nc1ccc(CNC(=O)CN(CCN(CC(=O)O)CC(=O)O)CCN(CC(=O)O)CC(=O)O)cc1. The molecule has 0 aromatic heterocycles. The second-order valence-electron chi connectivity index (χ2n) is 7.79. The molecular weight excluding hydrogens is 466 g/mol. The van der Waals surface area contributed by atoms with Crippen molar-refractivity contribution < 1.29 is 44.4 Å². The van der Waals surface area contributed by atoms with Crippen molar-refractivity contribution in [2.75, 3.05) is 64.6 Å². The predicted octanol–water partition coefficient (Wildman–Crippen LogP) is -1.87. The first-order chi connectivity index (χ1) is 16.4. The van der Waals surface area contributed by atoms with Gasteiger partial charge in [-0.1, -0.05) is 12.1 Å². The Morgan fingerprint density at radius 3 is 1.37 bits per heavy atom. The normalized spacial score (nSPS) is 11.1. The Hall–Kier alpha value is -3.75. The van der Waals surface area contributed by atoms with Gasteiger partial charge in [-0.05, 0) is 17.7 Å². The van der Waals surface area contributed by atoms with Gasteiger partial charge < -0.3 is 31.5 Å². The zero-order chi connectivity index (χ0) is 26.4. The molecule has 35 heavy (non-hydrogen) atoms. The van der Waals surface area contributed by atoms with Crippen molar-refractivity contribution in [3.05, 3.63) is 29.8 Å². The standard InChI is InChI=1S/C21H31N5O9/c22-16-3-1-15(2-4-16)9-23-17(27)10-24(5-7-25(11-18(28)29)12-19(30)31)6-8-26(13-20(32)33)14-21(34)35/h1-4H,5-14,22H2,(H,23,27)(H,28,29)(H,30,31)(H,32,33)(H,34,35). The quantitative estimate of drug-likeness (QED) is 0.123. The lowest BCUT2D eigenvalue weighted by Crippen LogP contribution is -2.47. The molecule has 0 aliphatic carbocycles. The Morgan fingerprint density at radius 1 is 0.629 bits per heavy atom. The fourth-order valence-corrected chi connectivity index (χ4v) is 3.12. The van der Waals surface area contributed by atoms with E-state index < -0.39 is 50.1 Å². The Labute approximate surface area is 201 Å². The van der Waals surface area contributed by atoms with E-state index >= 15 is 0 Å². The van der Waals surface area contributed by atoms with Crippen molar-refractivity contribution >= 4 is 35.5 Å². The highest BCUT2D eigenvalue weighted by Gasteiger charge is 2.19. The maximum Gasteiger partial charge on any atom is 0.317 e. The zero-order valence-electron chi connectivity index (χ0n) is 19.1. The van der Waals surface area contributed by atoms with E-state index in [1.54, 1.807) is 29.2 Å². The topological polar surface area (TPSA) is 214 Å². The van der Waals surface area contributed by atoms with Gasteiger partial charge >= 0.3 is 23.9 Å². The average molecular weight is 498 g/mol. The minimum Gasteiger partial charge on any atom is -0.480 e. The molecule has 1 amide bonds. The molecule has 1 aromatic carbocycles. The van der Waals surface area contributed by atoms with Crippen molar-refractivity contribution in [3.8, 4) is 0 Å². The monoisotopic (exact) mass is 497 g/mol. The first-order valence-electron chi connectivity index (χ1n) is 10.6. The van der Waals surface area contributed by atoms with E-state index in [-0.39, 0.29) is 45.2 Å². The Balaban J connectivity index is 2.82. The second-order valence-corrected chi connectivity index (χ2v) is 7.79. The second kappa shape index (κ2) is 15.2. The summed E-state index contributed by atoms with van der Waals surface area (Å²) in [5.74, 6) is -5.24. The Bertz CT molecular complexity index is 806. The number of nitrogen functional groups attached to an aromatic ring is 1. The lowest BCUT2D eigenvalue weighted by molar-refractivity contribution is -0.143. The number of aliphatic carboxylic acids is 4. The number of hydrogen-bond donors (Lipinski definition) is 6. The van der Waals surface area contributed by atoms with Gasteiger partial charge in [-0.15, -0.1) is 0 Å². The third-order valence-corrected chi connectivity index (χ3v) is 4.74. The minimum atomic E-state index is -1.21. The molecule has 0 bridgehead atoms. The van der Waals surface area contributed by atoms with Crippen LogP contribution in [0.3, 0.4) is 0 Å². The first kappa shape index (κ1) is 29.3. The van der Waals surface area contributed by atoms with Crippen LogP contribution in [0, 0.1) is 0 Å². The molecule has 0 saturated carbocycles. The first-order valence-corrected chi connectivity index (χ1v) is 10.6. The fraction of sp³-hybridized carbons (Fsp3) is 0.476. The maximum absolute atomic E-state index is 12.5. The van der Waals surface area contributed by atoms with Crippen molar-refractivity contribution in [1.29, 1.82) is 0 Å². The zero-order valence-corrected chi connectivity index (χ0v) is 19.1. The number of hydrogen-bond acceptors (Lipinski definition) is 9. The molecule has 0 fully saturated rings. The number of carboxylic acids is 4. The van der Waals surface area contributed by atoms with Crippen LogP contribution in [-0.2, 0) is 30.5 Å².